The van der Waals surface area contributed by atoms with E-state index in [1.54, 1.807) is 12.3 Å². The fourth-order valence-corrected chi connectivity index (χ4v) is 3.04. The highest BCUT2D eigenvalue weighted by Gasteiger charge is 2.11. The van der Waals surface area contributed by atoms with Crippen molar-refractivity contribution in [2.75, 3.05) is 18.6 Å². The van der Waals surface area contributed by atoms with Crippen molar-refractivity contribution < 1.29 is 9.53 Å². The Kier molecular flexibility index (Phi) is 6.97. The van der Waals surface area contributed by atoms with Crippen LogP contribution in [0.15, 0.2) is 54.7 Å². The molecule has 0 saturated heterocycles. The molecule has 1 amide bonds. The first kappa shape index (κ1) is 22.0. The molecule has 0 bridgehead atoms. The number of nitrogens with zero attached hydrogens (tertiary/aromatic N) is 3. The number of carbonyl (C=O) groups excluding carboxylic acids is 1. The Morgan fingerprint density at radius 3 is 2.77 bits per heavy atom. The van der Waals surface area contributed by atoms with Crippen molar-refractivity contribution in [1.29, 1.82) is 5.41 Å². The maximum Gasteiger partial charge on any atom is 0.258 e. The molecule has 0 unspecified atom stereocenters. The van der Waals surface area contributed by atoms with E-state index >= 15 is 0 Å². The summed E-state index contributed by atoms with van der Waals surface area (Å²) in [6.07, 6.45) is 3.06. The predicted molar refractivity (Wildman–Crippen MR) is 123 cm³/mol. The van der Waals surface area contributed by atoms with Gasteiger partial charge in [0.05, 0.1) is 0 Å². The number of carbonyl (C=O) groups is 1. The predicted octanol–water partition coefficient (Wildman–Crippen LogP) is 4.12. The summed E-state index contributed by atoms with van der Waals surface area (Å²) in [5.74, 6) is 1.70. The molecule has 0 aliphatic rings. The zero-order valence-corrected chi connectivity index (χ0v) is 18.2. The van der Waals surface area contributed by atoms with Crippen LogP contribution in [-0.2, 0) is 4.79 Å². The van der Waals surface area contributed by atoms with Crippen LogP contribution < -0.4 is 15.0 Å². The fourth-order valence-electron chi connectivity index (χ4n) is 3.04. The Morgan fingerprint density at radius 1 is 1.23 bits per heavy atom. The van der Waals surface area contributed by atoms with Gasteiger partial charge in [-0.1, -0.05) is 18.2 Å². The largest absolute Gasteiger partial charge is 0.484 e. The molecule has 31 heavy (non-hydrogen) atoms. The summed E-state index contributed by atoms with van der Waals surface area (Å²) in [7, 11) is 1.93. The van der Waals surface area contributed by atoms with Crippen molar-refractivity contribution >= 4 is 23.6 Å². The number of amides is 1. The lowest BCUT2D eigenvalue weighted by atomic mass is 10.1. The molecular weight excluding hydrogens is 390 g/mol. The van der Waals surface area contributed by atoms with E-state index in [4.69, 9.17) is 15.1 Å². The van der Waals surface area contributed by atoms with Crippen LogP contribution >= 0.6 is 0 Å². The molecule has 3 aromatic rings. The molecule has 2 aromatic carbocycles. The first-order valence-electron chi connectivity index (χ1n) is 10.1. The minimum Gasteiger partial charge on any atom is -0.484 e. The molecule has 1 aromatic heterocycles. The van der Waals surface area contributed by atoms with E-state index in [0.29, 0.717) is 11.6 Å². The lowest BCUT2D eigenvalue weighted by Gasteiger charge is -2.20. The number of nitrogens with one attached hydrogen (secondary N) is 2. The number of aromatic nitrogens is 2. The van der Waals surface area contributed by atoms with Crippen molar-refractivity contribution in [2.45, 2.75) is 26.8 Å². The molecule has 0 spiro atoms. The van der Waals surface area contributed by atoms with Gasteiger partial charge in [0.2, 0.25) is 0 Å². The minimum absolute atomic E-state index is 0.0476. The number of benzene rings is 2. The normalized spacial score (nSPS) is 10.6. The van der Waals surface area contributed by atoms with Crippen molar-refractivity contribution in [1.82, 2.24) is 15.3 Å². The van der Waals surface area contributed by atoms with Gasteiger partial charge < -0.3 is 20.4 Å². The van der Waals surface area contributed by atoms with Crippen molar-refractivity contribution in [3.8, 4) is 17.1 Å². The molecule has 0 fully saturated rings. The first-order valence-corrected chi connectivity index (χ1v) is 10.1. The van der Waals surface area contributed by atoms with Gasteiger partial charge in [0.25, 0.3) is 5.91 Å². The van der Waals surface area contributed by atoms with Gasteiger partial charge in [-0.2, -0.15) is 0 Å². The van der Waals surface area contributed by atoms with Gasteiger partial charge >= 0.3 is 0 Å². The summed E-state index contributed by atoms with van der Waals surface area (Å²) in [6, 6.07) is 15.2. The van der Waals surface area contributed by atoms with Gasteiger partial charge in [-0.05, 0) is 62.2 Å². The number of hydrogen-bond donors (Lipinski definition) is 2. The van der Waals surface area contributed by atoms with Gasteiger partial charge in [0.1, 0.15) is 11.6 Å². The van der Waals surface area contributed by atoms with Crippen LogP contribution in [0.2, 0.25) is 0 Å². The Hall–Kier alpha value is -3.74. The number of anilines is 2. The SMILES string of the molecule is Cc1ccc(N(C)c2ccnc(-c3cccc(OCC(=O)NC(C)C)c3)n2)cc1C=N. The Balaban J connectivity index is 1.80. The van der Waals surface area contributed by atoms with Gasteiger partial charge in [-0.15, -0.1) is 0 Å². The van der Waals surface area contributed by atoms with Gasteiger partial charge in [-0.25, -0.2) is 9.97 Å². The topological polar surface area (TPSA) is 91.2 Å². The first-order chi connectivity index (χ1) is 14.9. The maximum absolute atomic E-state index is 11.8. The Morgan fingerprint density at radius 2 is 2.03 bits per heavy atom. The van der Waals surface area contributed by atoms with Crippen LogP contribution in [0.1, 0.15) is 25.0 Å². The fraction of sp³-hybridized carbons (Fsp3) is 0.250. The maximum atomic E-state index is 11.8. The van der Waals surface area contributed by atoms with Crippen LogP contribution in [0.5, 0.6) is 5.75 Å². The molecule has 1 heterocycles. The molecule has 0 aliphatic carbocycles. The van der Waals surface area contributed by atoms with Crippen molar-refractivity contribution in [2.24, 2.45) is 0 Å². The molecule has 3 rings (SSSR count). The lowest BCUT2D eigenvalue weighted by Crippen LogP contribution is -2.34. The third-order valence-corrected chi connectivity index (χ3v) is 4.70. The molecule has 0 saturated carbocycles. The summed E-state index contributed by atoms with van der Waals surface area (Å²) in [5, 5.41) is 10.4. The van der Waals surface area contributed by atoms with Crippen molar-refractivity contribution in [3.63, 3.8) is 0 Å². The summed E-state index contributed by atoms with van der Waals surface area (Å²) in [4.78, 5) is 22.9. The van der Waals surface area contributed by atoms with Crippen molar-refractivity contribution in [3.05, 3.63) is 65.9 Å². The average molecular weight is 418 g/mol. The zero-order valence-electron chi connectivity index (χ0n) is 18.2. The number of hydrogen-bond acceptors (Lipinski definition) is 6. The summed E-state index contributed by atoms with van der Waals surface area (Å²) >= 11 is 0. The lowest BCUT2D eigenvalue weighted by molar-refractivity contribution is -0.123. The molecule has 0 aliphatic heterocycles. The van der Waals surface area contributed by atoms with E-state index in [0.717, 1.165) is 28.2 Å². The average Bonchev–Trinajstić information content (AvgIpc) is 2.77. The van der Waals surface area contributed by atoms with Gasteiger partial charge in [0, 0.05) is 36.8 Å². The monoisotopic (exact) mass is 417 g/mol. The highest BCUT2D eigenvalue weighted by atomic mass is 16.5. The van der Waals surface area contributed by atoms with Gasteiger partial charge in [-0.3, -0.25) is 4.79 Å². The summed E-state index contributed by atoms with van der Waals surface area (Å²) < 4.78 is 5.62. The summed E-state index contributed by atoms with van der Waals surface area (Å²) in [5.41, 5.74) is 3.64. The molecule has 0 radical (unpaired) electrons. The Labute approximate surface area is 182 Å². The molecule has 0 atom stereocenters. The molecule has 7 heteroatoms. The second-order valence-corrected chi connectivity index (χ2v) is 7.52. The second-order valence-electron chi connectivity index (χ2n) is 7.52. The quantitative estimate of drug-likeness (QED) is 0.538. The smallest absolute Gasteiger partial charge is 0.258 e. The number of ether oxygens (including phenoxy) is 1. The number of aryl methyl sites for hydroxylation is 1. The Bertz CT molecular complexity index is 1080. The standard InChI is InChI=1S/C24H27N5O2/c1-16(2)27-23(30)15-31-21-7-5-6-18(13-21)24-26-11-10-22(28-24)29(4)20-9-8-17(3)19(12-20)14-25/h5-14,16,25H,15H2,1-4H3,(H,27,30). The second kappa shape index (κ2) is 9.84. The minimum atomic E-state index is -0.164. The van der Waals surface area contributed by atoms with E-state index in [1.165, 1.54) is 6.21 Å². The van der Waals surface area contributed by atoms with Crippen LogP contribution in [0.4, 0.5) is 11.5 Å². The van der Waals surface area contributed by atoms with E-state index in [-0.39, 0.29) is 18.6 Å². The highest BCUT2D eigenvalue weighted by molar-refractivity contribution is 5.82. The van der Waals surface area contributed by atoms with E-state index in [1.807, 2.05) is 75.2 Å². The van der Waals surface area contributed by atoms with Crippen LogP contribution in [-0.4, -0.2) is 41.8 Å². The molecule has 160 valence electrons. The molecule has 2 N–H and O–H groups in total. The van der Waals surface area contributed by atoms with Crippen LogP contribution in [0, 0.1) is 12.3 Å². The van der Waals surface area contributed by atoms with E-state index in [9.17, 15) is 4.79 Å². The van der Waals surface area contributed by atoms with Crippen LogP contribution in [0.25, 0.3) is 11.4 Å². The summed E-state index contributed by atoms with van der Waals surface area (Å²) in [6.45, 7) is 5.74. The van der Waals surface area contributed by atoms with Crippen LogP contribution in [0.3, 0.4) is 0 Å². The highest BCUT2D eigenvalue weighted by Crippen LogP contribution is 2.26. The van der Waals surface area contributed by atoms with E-state index in [2.05, 4.69) is 10.3 Å². The third-order valence-electron chi connectivity index (χ3n) is 4.70. The number of rotatable bonds is 8. The molecular formula is C24H27N5O2. The molecule has 7 nitrogen and oxygen atoms in total. The van der Waals surface area contributed by atoms with Gasteiger partial charge in [0.15, 0.2) is 12.4 Å². The van der Waals surface area contributed by atoms with E-state index < -0.39 is 0 Å². The zero-order chi connectivity index (χ0) is 22.4. The third kappa shape index (κ3) is 5.66.